The van der Waals surface area contributed by atoms with Crippen molar-refractivity contribution in [3.63, 3.8) is 0 Å². The lowest BCUT2D eigenvalue weighted by Crippen LogP contribution is -2.46. The molecule has 0 spiro atoms. The fraction of sp³-hybridized carbons (Fsp3) is 0.636. The van der Waals surface area contributed by atoms with Gasteiger partial charge in [-0.15, -0.1) is 11.3 Å². The lowest BCUT2D eigenvalue weighted by Gasteiger charge is -2.32. The van der Waals surface area contributed by atoms with E-state index in [1.54, 1.807) is 11.3 Å². The van der Waals surface area contributed by atoms with Gasteiger partial charge in [0.05, 0.1) is 18.8 Å². The van der Waals surface area contributed by atoms with E-state index in [0.29, 0.717) is 13.0 Å². The van der Waals surface area contributed by atoms with Crippen LogP contribution in [0, 0.1) is 0 Å². The number of ether oxygens (including phenoxy) is 1. The van der Waals surface area contributed by atoms with Crippen LogP contribution in [0.15, 0.2) is 15.9 Å². The van der Waals surface area contributed by atoms with Gasteiger partial charge in [0.2, 0.25) is 0 Å². The van der Waals surface area contributed by atoms with E-state index in [1.165, 1.54) is 4.88 Å². The summed E-state index contributed by atoms with van der Waals surface area (Å²) in [7, 11) is 2.06. The van der Waals surface area contributed by atoms with Crippen molar-refractivity contribution in [3.05, 3.63) is 20.8 Å². The smallest absolute Gasteiger partial charge is 0.0964 e. The van der Waals surface area contributed by atoms with Gasteiger partial charge in [0, 0.05) is 28.9 Å². The zero-order valence-electron chi connectivity index (χ0n) is 9.23. The third kappa shape index (κ3) is 3.05. The summed E-state index contributed by atoms with van der Waals surface area (Å²) in [5, 5.41) is 12.1. The maximum atomic E-state index is 10.1. The molecule has 1 N–H and O–H groups in total. The number of halogens is 1. The standard InChI is InChI=1S/C11H16BrNO2S/c1-13-3-4-15-10(7-13)9(14)6-11-8(12)2-5-16-11/h2,5,9-10,14H,3-4,6-7H2,1H3. The van der Waals surface area contributed by atoms with E-state index in [4.69, 9.17) is 4.74 Å². The number of rotatable bonds is 3. The first-order chi connectivity index (χ1) is 7.66. The highest BCUT2D eigenvalue weighted by molar-refractivity contribution is 9.10. The number of likely N-dealkylation sites (N-methyl/N-ethyl adjacent to an activating group) is 1. The van der Waals surface area contributed by atoms with Crippen LogP contribution >= 0.6 is 27.3 Å². The van der Waals surface area contributed by atoms with Gasteiger partial charge in [-0.25, -0.2) is 0 Å². The zero-order chi connectivity index (χ0) is 11.5. The molecule has 0 amide bonds. The number of aliphatic hydroxyl groups is 1. The fourth-order valence-corrected chi connectivity index (χ4v) is 3.40. The van der Waals surface area contributed by atoms with Crippen LogP contribution in [0.2, 0.25) is 0 Å². The third-order valence-electron chi connectivity index (χ3n) is 2.81. The number of nitrogens with zero attached hydrogens (tertiary/aromatic N) is 1. The Bertz CT molecular complexity index is 344. The summed E-state index contributed by atoms with van der Waals surface area (Å²) >= 11 is 5.15. The van der Waals surface area contributed by atoms with Crippen molar-refractivity contribution in [1.29, 1.82) is 0 Å². The molecule has 16 heavy (non-hydrogen) atoms. The second-order valence-electron chi connectivity index (χ2n) is 4.13. The van der Waals surface area contributed by atoms with Gasteiger partial charge in [-0.2, -0.15) is 0 Å². The molecular weight excluding hydrogens is 290 g/mol. The first-order valence-electron chi connectivity index (χ1n) is 5.37. The SMILES string of the molecule is CN1CCOC(C(O)Cc2sccc2Br)C1. The highest BCUT2D eigenvalue weighted by Crippen LogP contribution is 2.25. The Morgan fingerprint density at radius 3 is 3.19 bits per heavy atom. The fourth-order valence-electron chi connectivity index (χ4n) is 1.84. The van der Waals surface area contributed by atoms with Crippen LogP contribution in [0.3, 0.4) is 0 Å². The minimum atomic E-state index is -0.419. The van der Waals surface area contributed by atoms with Crippen molar-refractivity contribution in [2.75, 3.05) is 26.7 Å². The second-order valence-corrected chi connectivity index (χ2v) is 5.99. The molecule has 3 nitrogen and oxygen atoms in total. The van der Waals surface area contributed by atoms with Gasteiger partial charge in [-0.3, -0.25) is 0 Å². The van der Waals surface area contributed by atoms with Crippen molar-refractivity contribution < 1.29 is 9.84 Å². The number of hydrogen-bond donors (Lipinski definition) is 1. The van der Waals surface area contributed by atoms with E-state index in [1.807, 2.05) is 11.4 Å². The van der Waals surface area contributed by atoms with Crippen LogP contribution in [0.4, 0.5) is 0 Å². The number of morpholine rings is 1. The molecule has 1 saturated heterocycles. The third-order valence-corrected chi connectivity index (χ3v) is 4.76. The Labute approximate surface area is 108 Å². The normalized spacial score (nSPS) is 24.6. The Kier molecular flexibility index (Phi) is 4.38. The van der Waals surface area contributed by atoms with Crippen molar-refractivity contribution in [2.24, 2.45) is 0 Å². The van der Waals surface area contributed by atoms with Gasteiger partial charge >= 0.3 is 0 Å². The quantitative estimate of drug-likeness (QED) is 0.923. The maximum absolute atomic E-state index is 10.1. The molecule has 1 aromatic rings. The number of hydrogen-bond acceptors (Lipinski definition) is 4. The summed E-state index contributed by atoms with van der Waals surface area (Å²) in [5.74, 6) is 0. The van der Waals surface area contributed by atoms with Crippen LogP contribution in [0.1, 0.15) is 4.88 Å². The highest BCUT2D eigenvalue weighted by Gasteiger charge is 2.25. The van der Waals surface area contributed by atoms with Crippen molar-refractivity contribution >= 4 is 27.3 Å². The summed E-state index contributed by atoms with van der Waals surface area (Å²) in [6.45, 7) is 2.47. The summed E-state index contributed by atoms with van der Waals surface area (Å²) < 4.78 is 6.68. The Morgan fingerprint density at radius 1 is 1.75 bits per heavy atom. The molecule has 1 aliphatic heterocycles. The average molecular weight is 306 g/mol. The summed E-state index contributed by atoms with van der Waals surface area (Å²) in [5.41, 5.74) is 0. The lowest BCUT2D eigenvalue weighted by molar-refractivity contribution is -0.0821. The maximum Gasteiger partial charge on any atom is 0.0964 e. The molecule has 90 valence electrons. The predicted molar refractivity (Wildman–Crippen MR) is 69.0 cm³/mol. The van der Waals surface area contributed by atoms with E-state index >= 15 is 0 Å². The van der Waals surface area contributed by atoms with E-state index in [-0.39, 0.29) is 6.10 Å². The number of aliphatic hydroxyl groups excluding tert-OH is 1. The zero-order valence-corrected chi connectivity index (χ0v) is 11.6. The van der Waals surface area contributed by atoms with Crippen LogP contribution in [0.5, 0.6) is 0 Å². The molecule has 0 aromatic carbocycles. The first-order valence-corrected chi connectivity index (χ1v) is 7.04. The molecule has 2 rings (SSSR count). The molecule has 1 fully saturated rings. The van der Waals surface area contributed by atoms with E-state index in [2.05, 4.69) is 27.9 Å². The topological polar surface area (TPSA) is 32.7 Å². The second kappa shape index (κ2) is 5.60. The molecule has 1 aromatic heterocycles. The molecule has 0 radical (unpaired) electrons. The molecular formula is C11H16BrNO2S. The van der Waals surface area contributed by atoms with Gasteiger partial charge < -0.3 is 14.7 Å². The molecule has 0 aliphatic carbocycles. The van der Waals surface area contributed by atoms with Gasteiger partial charge in [0.25, 0.3) is 0 Å². The minimum absolute atomic E-state index is 0.0623. The van der Waals surface area contributed by atoms with Gasteiger partial charge in [-0.05, 0) is 34.4 Å². The average Bonchev–Trinajstić information content (AvgIpc) is 2.64. The monoisotopic (exact) mass is 305 g/mol. The van der Waals surface area contributed by atoms with E-state index in [0.717, 1.165) is 17.6 Å². The van der Waals surface area contributed by atoms with Gasteiger partial charge in [0.15, 0.2) is 0 Å². The molecule has 2 atom stereocenters. The molecule has 5 heteroatoms. The summed E-state index contributed by atoms with van der Waals surface area (Å²) in [6, 6.07) is 2.01. The van der Waals surface area contributed by atoms with Crippen LogP contribution in [-0.4, -0.2) is 49.0 Å². The van der Waals surface area contributed by atoms with E-state index < -0.39 is 6.10 Å². The van der Waals surface area contributed by atoms with Crippen molar-refractivity contribution in [1.82, 2.24) is 4.90 Å². The largest absolute Gasteiger partial charge is 0.390 e. The van der Waals surface area contributed by atoms with Crippen LogP contribution < -0.4 is 0 Å². The Hall–Kier alpha value is 0.0600. The summed E-state index contributed by atoms with van der Waals surface area (Å²) in [6.07, 6.45) is 0.182. The first kappa shape index (κ1) is 12.5. The van der Waals surface area contributed by atoms with Crippen LogP contribution in [-0.2, 0) is 11.2 Å². The summed E-state index contributed by atoms with van der Waals surface area (Å²) in [4.78, 5) is 3.38. The Balaban J connectivity index is 1.92. The van der Waals surface area contributed by atoms with E-state index in [9.17, 15) is 5.11 Å². The van der Waals surface area contributed by atoms with Gasteiger partial charge in [-0.1, -0.05) is 0 Å². The highest BCUT2D eigenvalue weighted by atomic mass is 79.9. The number of thiophene rings is 1. The van der Waals surface area contributed by atoms with Gasteiger partial charge in [0.1, 0.15) is 0 Å². The lowest BCUT2D eigenvalue weighted by atomic mass is 10.1. The van der Waals surface area contributed by atoms with Crippen LogP contribution in [0.25, 0.3) is 0 Å². The predicted octanol–water partition coefficient (Wildman–Crippen LogP) is 1.74. The molecule has 1 aliphatic rings. The molecule has 2 heterocycles. The molecule has 0 saturated carbocycles. The Morgan fingerprint density at radius 2 is 2.56 bits per heavy atom. The van der Waals surface area contributed by atoms with Crippen molar-refractivity contribution in [2.45, 2.75) is 18.6 Å². The molecule has 2 unspecified atom stereocenters. The minimum Gasteiger partial charge on any atom is -0.390 e. The van der Waals surface area contributed by atoms with Crippen molar-refractivity contribution in [3.8, 4) is 0 Å². The molecule has 0 bridgehead atoms.